The average Bonchev–Trinajstić information content (AvgIpc) is 4.04. The number of para-hydroxylation sites is 3. The summed E-state index contributed by atoms with van der Waals surface area (Å²) in [6.45, 7) is 25.3. The molecule has 5 nitrogen and oxygen atoms in total. The van der Waals surface area contributed by atoms with Crippen molar-refractivity contribution in [1.82, 2.24) is 9.55 Å². The maximum absolute atomic E-state index is 5.08. The van der Waals surface area contributed by atoms with Crippen LogP contribution in [0.4, 0.5) is 39.8 Å². The Hall–Kier alpha value is -7.98. The zero-order valence-corrected chi connectivity index (χ0v) is 49.8. The van der Waals surface area contributed by atoms with Crippen LogP contribution in [-0.2, 0) is 42.7 Å². The van der Waals surface area contributed by atoms with Gasteiger partial charge >= 0.3 is 0 Å². The largest absolute Gasteiger partial charge is 0.493 e. The van der Waals surface area contributed by atoms with Gasteiger partial charge in [-0.3, -0.25) is 0 Å². The van der Waals surface area contributed by atoms with E-state index >= 15 is 0 Å². The van der Waals surface area contributed by atoms with Crippen molar-refractivity contribution in [1.29, 1.82) is 0 Å². The Bertz CT molecular complexity index is 3950. The second-order valence-corrected chi connectivity index (χ2v) is 24.3. The van der Waals surface area contributed by atoms with Gasteiger partial charge in [-0.05, 0) is 110 Å². The van der Waals surface area contributed by atoms with E-state index in [-0.39, 0.29) is 42.7 Å². The van der Waals surface area contributed by atoms with Gasteiger partial charge in [0.2, 0.25) is 0 Å². The summed E-state index contributed by atoms with van der Waals surface area (Å²) < 4.78 is 2.30. The van der Waals surface area contributed by atoms with Crippen molar-refractivity contribution in [3.8, 4) is 16.9 Å². The maximum Gasteiger partial charge on any atom is 0.135 e. The summed E-state index contributed by atoms with van der Waals surface area (Å²) in [5.74, 6) is 0.862. The minimum Gasteiger partial charge on any atom is -0.493 e. The van der Waals surface area contributed by atoms with Crippen LogP contribution in [0.15, 0.2) is 225 Å². The standard InChI is InChI=1S/C74H68N5.Pt/c1-71(2,3)55-39-40-75-70(47-55)79-66-38-35-52(51-25-15-11-16-26-51)41-65(66)64-37-36-60(49-69(64)79)78(59-31-21-14-22-32-59)63-44-56(72(4,5)6)43-62(48-63)77-50-76(67-33-23-24-34-68(67)77)61-45-57(73(7,8)53-27-17-12-18-28-53)42-58(46-61)74(9,10)54-29-19-13-20-30-54;/h11-47,50H,1-10H3;/q-3;. The van der Waals surface area contributed by atoms with Crippen molar-refractivity contribution in [2.75, 3.05) is 14.7 Å². The van der Waals surface area contributed by atoms with Crippen LogP contribution in [0.3, 0.4) is 0 Å². The van der Waals surface area contributed by atoms with Crippen LogP contribution >= 0.6 is 0 Å². The van der Waals surface area contributed by atoms with Crippen LogP contribution in [0.1, 0.15) is 103 Å². The molecular weight excluding hydrogens is 1150 g/mol. The van der Waals surface area contributed by atoms with Gasteiger partial charge in [0.25, 0.3) is 0 Å². The van der Waals surface area contributed by atoms with Crippen LogP contribution in [0.2, 0.25) is 0 Å². The smallest absolute Gasteiger partial charge is 0.135 e. The molecular formula is C74H68N5Pt-3. The number of hydrogen-bond donors (Lipinski definition) is 0. The Morgan fingerprint density at radius 2 is 0.988 bits per heavy atom. The molecule has 0 amide bonds. The molecule has 9 aromatic carbocycles. The normalized spacial score (nSPS) is 12.9. The van der Waals surface area contributed by atoms with Gasteiger partial charge in [-0.25, -0.2) is 4.98 Å². The molecule has 0 bridgehead atoms. The molecule has 1 aliphatic heterocycles. The number of benzene rings is 9. The fourth-order valence-electron chi connectivity index (χ4n) is 11.4. The Kier molecular flexibility index (Phi) is 14.1. The molecule has 0 radical (unpaired) electrons. The molecule has 1 aliphatic rings. The van der Waals surface area contributed by atoms with E-state index in [9.17, 15) is 0 Å². The second-order valence-electron chi connectivity index (χ2n) is 24.3. The van der Waals surface area contributed by atoms with E-state index < -0.39 is 0 Å². The van der Waals surface area contributed by atoms with E-state index in [0.29, 0.717) is 0 Å². The average molecular weight is 1220 g/mol. The van der Waals surface area contributed by atoms with E-state index in [1.54, 1.807) is 0 Å². The van der Waals surface area contributed by atoms with Crippen LogP contribution < -0.4 is 14.7 Å². The van der Waals surface area contributed by atoms with Gasteiger partial charge in [0.1, 0.15) is 5.82 Å². The summed E-state index contributed by atoms with van der Waals surface area (Å²) >= 11 is 0. The topological polar surface area (TPSA) is 27.5 Å². The van der Waals surface area contributed by atoms with E-state index in [0.717, 1.165) is 67.4 Å². The van der Waals surface area contributed by atoms with Crippen LogP contribution in [0.25, 0.3) is 38.8 Å². The van der Waals surface area contributed by atoms with Crippen LogP contribution in [0, 0.1) is 18.8 Å². The summed E-state index contributed by atoms with van der Waals surface area (Å²) in [7, 11) is 0. The van der Waals surface area contributed by atoms with Crippen LogP contribution in [0.5, 0.6) is 0 Å². The zero-order valence-electron chi connectivity index (χ0n) is 47.5. The molecule has 0 aliphatic carbocycles. The first-order valence-electron chi connectivity index (χ1n) is 27.7. The van der Waals surface area contributed by atoms with Crippen molar-refractivity contribution < 1.29 is 21.1 Å². The number of nitrogens with zero attached hydrogens (tertiary/aromatic N) is 5. The first-order valence-corrected chi connectivity index (χ1v) is 27.7. The molecule has 80 heavy (non-hydrogen) atoms. The number of pyridine rings is 1. The van der Waals surface area contributed by atoms with E-state index in [2.05, 4.69) is 326 Å². The van der Waals surface area contributed by atoms with Crippen molar-refractivity contribution in [3.05, 3.63) is 277 Å². The predicted molar refractivity (Wildman–Crippen MR) is 332 cm³/mol. The van der Waals surface area contributed by atoms with Gasteiger partial charge in [-0.2, -0.15) is 6.07 Å². The molecule has 0 saturated carbocycles. The molecule has 12 rings (SSSR count). The van der Waals surface area contributed by atoms with Gasteiger partial charge in [0.15, 0.2) is 0 Å². The summed E-state index contributed by atoms with van der Waals surface area (Å²) in [5.41, 5.74) is 18.0. The van der Waals surface area contributed by atoms with Crippen molar-refractivity contribution in [2.45, 2.75) is 90.9 Å². The summed E-state index contributed by atoms with van der Waals surface area (Å²) in [4.78, 5) is 12.1. The molecule has 11 aromatic rings. The molecule has 3 heterocycles. The van der Waals surface area contributed by atoms with Gasteiger partial charge in [0.05, 0.1) is 0 Å². The quantitative estimate of drug-likeness (QED) is 0.121. The van der Waals surface area contributed by atoms with E-state index in [1.165, 1.54) is 44.5 Å². The molecule has 2 aromatic heterocycles. The Balaban J connectivity index is 0.00000675. The molecule has 0 fully saturated rings. The van der Waals surface area contributed by atoms with Gasteiger partial charge in [0, 0.05) is 66.4 Å². The second kappa shape index (κ2) is 20.9. The molecule has 0 atom stereocenters. The fourth-order valence-corrected chi connectivity index (χ4v) is 11.4. The molecule has 402 valence electrons. The van der Waals surface area contributed by atoms with Gasteiger partial charge < -0.3 is 19.3 Å². The van der Waals surface area contributed by atoms with Crippen molar-refractivity contribution in [3.63, 3.8) is 0 Å². The third kappa shape index (κ3) is 9.96. The molecule has 0 N–H and O–H groups in total. The number of anilines is 7. The SMILES string of the molecule is CC(C)(C)c1cc(N2[CH-]N(c3cc(C(C)(C)c4ccccc4)cc(C(C)(C)c4ccccc4)c3)c3ccccc32)[c-]c(N(c2[c-]c3c(cc2)c2cc(-c4ccccc4)ccc2n3-c2cc(C(C)(C)C)ccn2)c2ccccc2)c1.[Pt]. The van der Waals surface area contributed by atoms with E-state index in [4.69, 9.17) is 4.98 Å². The number of rotatable bonds is 11. The third-order valence-corrected chi connectivity index (χ3v) is 16.3. The Labute approximate surface area is 488 Å². The van der Waals surface area contributed by atoms with E-state index in [1.807, 2.05) is 6.20 Å². The number of aromatic nitrogens is 2. The predicted octanol–water partition coefficient (Wildman–Crippen LogP) is 19.6. The minimum absolute atomic E-state index is 0. The van der Waals surface area contributed by atoms with Crippen molar-refractivity contribution in [2.24, 2.45) is 0 Å². The Morgan fingerprint density at radius 3 is 1.59 bits per heavy atom. The summed E-state index contributed by atoms with van der Waals surface area (Å²) in [6.07, 6.45) is 1.95. The maximum atomic E-state index is 5.08. The monoisotopic (exact) mass is 1220 g/mol. The van der Waals surface area contributed by atoms with Crippen LogP contribution in [-0.4, -0.2) is 9.55 Å². The molecule has 0 unspecified atom stereocenters. The van der Waals surface area contributed by atoms with Gasteiger partial charge in [-0.15, -0.1) is 53.6 Å². The molecule has 0 saturated heterocycles. The fraction of sp³-hybridized carbons (Fsp3) is 0.189. The van der Waals surface area contributed by atoms with Crippen molar-refractivity contribution >= 4 is 61.6 Å². The molecule has 6 heteroatoms. The first kappa shape index (κ1) is 54.0. The summed E-state index contributed by atoms with van der Waals surface area (Å²) in [6, 6.07) is 87.5. The minimum atomic E-state index is -0.283. The third-order valence-electron chi connectivity index (χ3n) is 16.3. The summed E-state index contributed by atoms with van der Waals surface area (Å²) in [5, 5.41) is 2.25. The Morgan fingerprint density at radius 1 is 0.425 bits per heavy atom. The first-order chi connectivity index (χ1) is 37.9. The zero-order chi connectivity index (χ0) is 54.8. The number of hydrogen-bond acceptors (Lipinski definition) is 4. The molecule has 0 spiro atoms. The number of fused-ring (bicyclic) bond motifs is 4. The van der Waals surface area contributed by atoms with Gasteiger partial charge in [-0.1, -0.05) is 226 Å².